The van der Waals surface area contributed by atoms with Crippen LogP contribution in [-0.2, 0) is 14.4 Å². The van der Waals surface area contributed by atoms with Gasteiger partial charge in [0.05, 0.1) is 6.42 Å². The number of rotatable bonds is 6. The molecule has 0 aromatic carbocycles. The van der Waals surface area contributed by atoms with Crippen LogP contribution < -0.4 is 11.1 Å². The number of hydrogen-bond acceptors (Lipinski definition) is 3. The third-order valence-electron chi connectivity index (χ3n) is 2.22. The van der Waals surface area contributed by atoms with Crippen LogP contribution in [0, 0.1) is 5.41 Å². The number of carboxylic acid groups (broad SMARTS) is 1. The van der Waals surface area contributed by atoms with Crippen LogP contribution >= 0.6 is 0 Å². The van der Waals surface area contributed by atoms with Gasteiger partial charge in [-0.15, -0.1) is 0 Å². The van der Waals surface area contributed by atoms with Gasteiger partial charge in [0.15, 0.2) is 5.41 Å². The molecule has 0 bridgehead atoms. The highest BCUT2D eigenvalue weighted by Crippen LogP contribution is 2.28. The smallest absolute Gasteiger partial charge is 0.319 e. The van der Waals surface area contributed by atoms with Crippen molar-refractivity contribution in [1.29, 1.82) is 0 Å². The van der Waals surface area contributed by atoms with Gasteiger partial charge in [0, 0.05) is 7.05 Å². The molecular formula is C9H16N2O4. The predicted molar refractivity (Wildman–Crippen MR) is 52.9 cm³/mol. The Morgan fingerprint density at radius 3 is 2.20 bits per heavy atom. The monoisotopic (exact) mass is 216 g/mol. The fraction of sp³-hybridized carbons (Fsp3) is 0.667. The van der Waals surface area contributed by atoms with Gasteiger partial charge in [-0.3, -0.25) is 14.4 Å². The lowest BCUT2D eigenvalue weighted by Crippen LogP contribution is -2.47. The average Bonchev–Trinajstić information content (AvgIpc) is 2.14. The maximum absolute atomic E-state index is 11.5. The van der Waals surface area contributed by atoms with Gasteiger partial charge in [0.2, 0.25) is 11.8 Å². The minimum Gasteiger partial charge on any atom is -0.480 e. The van der Waals surface area contributed by atoms with Crippen LogP contribution in [0.5, 0.6) is 0 Å². The normalized spacial score (nSPS) is 14.0. The molecule has 15 heavy (non-hydrogen) atoms. The van der Waals surface area contributed by atoms with Gasteiger partial charge in [-0.1, -0.05) is 13.3 Å². The highest BCUT2D eigenvalue weighted by Gasteiger charge is 2.46. The van der Waals surface area contributed by atoms with E-state index >= 15 is 0 Å². The van der Waals surface area contributed by atoms with Crippen LogP contribution in [0.2, 0.25) is 0 Å². The summed E-state index contributed by atoms with van der Waals surface area (Å²) in [5.74, 6) is -2.80. The van der Waals surface area contributed by atoms with E-state index in [0.29, 0.717) is 6.42 Å². The van der Waals surface area contributed by atoms with Crippen molar-refractivity contribution in [2.24, 2.45) is 11.1 Å². The minimum absolute atomic E-state index is 0.0882. The summed E-state index contributed by atoms with van der Waals surface area (Å²) in [4.78, 5) is 33.4. The van der Waals surface area contributed by atoms with E-state index in [9.17, 15) is 14.4 Å². The number of amides is 2. The summed E-state index contributed by atoms with van der Waals surface area (Å²) in [5, 5.41) is 11.3. The molecule has 0 aliphatic rings. The van der Waals surface area contributed by atoms with E-state index in [4.69, 9.17) is 10.8 Å². The van der Waals surface area contributed by atoms with Crippen molar-refractivity contribution in [2.75, 3.05) is 7.05 Å². The van der Waals surface area contributed by atoms with Crippen LogP contribution in [0.15, 0.2) is 0 Å². The van der Waals surface area contributed by atoms with E-state index in [1.807, 2.05) is 0 Å². The number of hydrogen-bond donors (Lipinski definition) is 3. The molecule has 0 aliphatic heterocycles. The quantitative estimate of drug-likeness (QED) is 0.519. The molecule has 0 spiro atoms. The second kappa shape index (κ2) is 5.33. The Balaban J connectivity index is 5.15. The lowest BCUT2D eigenvalue weighted by molar-refractivity contribution is -0.158. The number of nitrogens with one attached hydrogen (secondary N) is 1. The summed E-state index contributed by atoms with van der Waals surface area (Å²) in [6.07, 6.45) is 0.0911. The Morgan fingerprint density at radius 2 is 1.93 bits per heavy atom. The molecule has 1 atom stereocenters. The summed E-state index contributed by atoms with van der Waals surface area (Å²) in [7, 11) is 1.33. The zero-order valence-corrected chi connectivity index (χ0v) is 8.87. The molecule has 0 aromatic heterocycles. The predicted octanol–water partition coefficient (Wildman–Crippen LogP) is -0.521. The highest BCUT2D eigenvalue weighted by atomic mass is 16.4. The summed E-state index contributed by atoms with van der Waals surface area (Å²) in [6, 6.07) is 0. The van der Waals surface area contributed by atoms with Crippen molar-refractivity contribution in [3.8, 4) is 0 Å². The van der Waals surface area contributed by atoms with Gasteiger partial charge in [0.1, 0.15) is 0 Å². The fourth-order valence-corrected chi connectivity index (χ4v) is 1.53. The fourth-order valence-electron chi connectivity index (χ4n) is 1.53. The molecule has 0 rings (SSSR count). The van der Waals surface area contributed by atoms with Crippen molar-refractivity contribution >= 4 is 17.8 Å². The van der Waals surface area contributed by atoms with E-state index in [2.05, 4.69) is 5.32 Å². The molecule has 0 radical (unpaired) electrons. The first kappa shape index (κ1) is 13.4. The second-order valence-electron chi connectivity index (χ2n) is 3.36. The lowest BCUT2D eigenvalue weighted by Gasteiger charge is -2.25. The van der Waals surface area contributed by atoms with Crippen molar-refractivity contribution < 1.29 is 19.5 Å². The molecule has 0 saturated carbocycles. The van der Waals surface area contributed by atoms with Gasteiger partial charge in [-0.25, -0.2) is 0 Å². The molecule has 4 N–H and O–H groups in total. The molecule has 0 aliphatic carbocycles. The van der Waals surface area contributed by atoms with Crippen LogP contribution in [-0.4, -0.2) is 29.9 Å². The maximum atomic E-state index is 11.5. The Bertz CT molecular complexity index is 277. The van der Waals surface area contributed by atoms with Crippen LogP contribution in [0.1, 0.15) is 26.2 Å². The molecule has 6 nitrogen and oxygen atoms in total. The average molecular weight is 216 g/mol. The number of carboxylic acids is 1. The maximum Gasteiger partial charge on any atom is 0.319 e. The molecule has 86 valence electrons. The molecule has 0 unspecified atom stereocenters. The molecule has 6 heteroatoms. The van der Waals surface area contributed by atoms with Crippen molar-refractivity contribution in [3.63, 3.8) is 0 Å². The second-order valence-corrected chi connectivity index (χ2v) is 3.36. The first-order chi connectivity index (χ1) is 6.90. The van der Waals surface area contributed by atoms with Gasteiger partial charge >= 0.3 is 5.97 Å². The highest BCUT2D eigenvalue weighted by molar-refractivity contribution is 6.04. The van der Waals surface area contributed by atoms with Crippen LogP contribution in [0.3, 0.4) is 0 Å². The van der Waals surface area contributed by atoms with Crippen LogP contribution in [0.25, 0.3) is 0 Å². The van der Waals surface area contributed by atoms with E-state index in [1.54, 1.807) is 6.92 Å². The lowest BCUT2D eigenvalue weighted by atomic mass is 9.79. The van der Waals surface area contributed by atoms with Gasteiger partial charge < -0.3 is 16.2 Å². The van der Waals surface area contributed by atoms with Crippen molar-refractivity contribution in [3.05, 3.63) is 0 Å². The van der Waals surface area contributed by atoms with E-state index in [0.717, 1.165) is 0 Å². The molecular weight excluding hydrogens is 200 g/mol. The molecule has 0 saturated heterocycles. The topological polar surface area (TPSA) is 109 Å². The largest absolute Gasteiger partial charge is 0.480 e. The number of primary amides is 1. The summed E-state index contributed by atoms with van der Waals surface area (Å²) < 4.78 is 0. The number of carbonyl (C=O) groups is 3. The van der Waals surface area contributed by atoms with Crippen molar-refractivity contribution in [1.82, 2.24) is 5.32 Å². The van der Waals surface area contributed by atoms with Crippen LogP contribution in [0.4, 0.5) is 0 Å². The minimum atomic E-state index is -1.73. The Kier molecular flexibility index (Phi) is 4.77. The summed E-state index contributed by atoms with van der Waals surface area (Å²) in [6.45, 7) is 1.74. The Hall–Kier alpha value is -1.59. The third kappa shape index (κ3) is 2.93. The standard InChI is InChI=1S/C9H16N2O4/c1-3-4-9(8(14)15,5-6(10)12)7(13)11-2/h3-5H2,1-2H3,(H2,10,12)(H,11,13)(H,14,15)/t9-/m0/s1. The SMILES string of the molecule is CCC[C@@](CC(N)=O)(C(=O)O)C(=O)NC. The zero-order chi connectivity index (χ0) is 12.1. The van der Waals surface area contributed by atoms with E-state index < -0.39 is 29.6 Å². The molecule has 2 amide bonds. The van der Waals surface area contributed by atoms with E-state index in [-0.39, 0.29) is 6.42 Å². The molecule has 0 aromatic rings. The van der Waals surface area contributed by atoms with Gasteiger partial charge in [-0.05, 0) is 6.42 Å². The molecule has 0 heterocycles. The summed E-state index contributed by atoms with van der Waals surface area (Å²) >= 11 is 0. The van der Waals surface area contributed by atoms with Crippen molar-refractivity contribution in [2.45, 2.75) is 26.2 Å². The number of carbonyl (C=O) groups excluding carboxylic acids is 2. The first-order valence-corrected chi connectivity index (χ1v) is 4.64. The number of aliphatic carboxylic acids is 1. The van der Waals surface area contributed by atoms with Gasteiger partial charge in [0.25, 0.3) is 0 Å². The number of nitrogens with two attached hydrogens (primary N) is 1. The third-order valence-corrected chi connectivity index (χ3v) is 2.22. The zero-order valence-electron chi connectivity index (χ0n) is 8.87. The Morgan fingerprint density at radius 1 is 1.40 bits per heavy atom. The molecule has 0 fully saturated rings. The summed E-state index contributed by atoms with van der Waals surface area (Å²) in [5.41, 5.74) is 3.23. The Labute approximate surface area is 87.8 Å². The first-order valence-electron chi connectivity index (χ1n) is 4.64. The van der Waals surface area contributed by atoms with Gasteiger partial charge in [-0.2, -0.15) is 0 Å². The van der Waals surface area contributed by atoms with E-state index in [1.165, 1.54) is 7.05 Å².